The number of nitrogens with zero attached hydrogens (tertiary/aromatic N) is 2. The van der Waals surface area contributed by atoms with Crippen molar-refractivity contribution in [1.82, 2.24) is 0 Å². The van der Waals surface area contributed by atoms with Crippen LogP contribution in [0.2, 0.25) is 0 Å². The van der Waals surface area contributed by atoms with Gasteiger partial charge >= 0.3 is 0 Å². The molecule has 0 N–H and O–H groups in total. The van der Waals surface area contributed by atoms with E-state index in [1.54, 1.807) is 0 Å². The Bertz CT molecular complexity index is 3600. The molecule has 1 atom stereocenters. The Hall–Kier alpha value is -5.80. The third-order valence-electron chi connectivity index (χ3n) is 20.0. The van der Waals surface area contributed by atoms with Gasteiger partial charge in [0.25, 0.3) is 6.71 Å². The van der Waals surface area contributed by atoms with Crippen LogP contribution in [0.1, 0.15) is 191 Å². The van der Waals surface area contributed by atoms with Gasteiger partial charge in [0, 0.05) is 50.5 Å². The van der Waals surface area contributed by atoms with Gasteiger partial charge in [0.15, 0.2) is 0 Å². The maximum absolute atomic E-state index is 2.82. The Morgan fingerprint density at radius 3 is 1.66 bits per heavy atom. The first-order valence-electron chi connectivity index (χ1n) is 27.8. The van der Waals surface area contributed by atoms with Crippen LogP contribution < -0.4 is 26.2 Å². The van der Waals surface area contributed by atoms with E-state index < -0.39 is 0 Å². The second-order valence-corrected chi connectivity index (χ2v) is 28.5. The largest absolute Gasteiger partial charge is 0.311 e. The van der Waals surface area contributed by atoms with Crippen LogP contribution in [0, 0.1) is 13.8 Å². The maximum Gasteiger partial charge on any atom is 0.252 e. The Morgan fingerprint density at radius 2 is 0.986 bits per heavy atom. The number of hydrogen-bond donors (Lipinski definition) is 0. The van der Waals surface area contributed by atoms with Gasteiger partial charge < -0.3 is 9.80 Å². The molecular weight excluding hydrogens is 880 g/mol. The molecule has 3 heterocycles. The zero-order valence-electron chi connectivity index (χ0n) is 47.2. The number of rotatable bonds is 1. The summed E-state index contributed by atoms with van der Waals surface area (Å²) >= 11 is 0. The van der Waals surface area contributed by atoms with Gasteiger partial charge in [-0.2, -0.15) is 0 Å². The zero-order valence-corrected chi connectivity index (χ0v) is 47.2. The van der Waals surface area contributed by atoms with Crippen molar-refractivity contribution in [3.63, 3.8) is 0 Å². The van der Waals surface area contributed by atoms with Crippen LogP contribution in [0.3, 0.4) is 0 Å². The van der Waals surface area contributed by atoms with E-state index in [1.807, 2.05) is 0 Å². The third-order valence-corrected chi connectivity index (χ3v) is 20.0. The molecule has 0 saturated heterocycles. The molecule has 13 rings (SSSR count). The lowest BCUT2D eigenvalue weighted by molar-refractivity contribution is 0.332. The van der Waals surface area contributed by atoms with Crippen LogP contribution in [0.4, 0.5) is 34.1 Å². The minimum Gasteiger partial charge on any atom is -0.311 e. The van der Waals surface area contributed by atoms with Gasteiger partial charge in [0.2, 0.25) is 0 Å². The summed E-state index contributed by atoms with van der Waals surface area (Å²) in [6.45, 7) is 41.5. The Balaban J connectivity index is 1.24. The highest BCUT2D eigenvalue weighted by atomic mass is 15.2. The van der Waals surface area contributed by atoms with Crippen molar-refractivity contribution in [1.29, 1.82) is 0 Å². The molecule has 73 heavy (non-hydrogen) atoms. The quantitative estimate of drug-likeness (QED) is 0.151. The van der Waals surface area contributed by atoms with Crippen molar-refractivity contribution in [2.45, 2.75) is 181 Å². The molecule has 1 unspecified atom stereocenters. The van der Waals surface area contributed by atoms with E-state index >= 15 is 0 Å². The number of fused-ring (bicyclic) bond motifs is 16. The molecule has 2 nitrogen and oxygen atoms in total. The van der Waals surface area contributed by atoms with Crippen LogP contribution in [-0.4, -0.2) is 6.71 Å². The molecule has 0 spiro atoms. The van der Waals surface area contributed by atoms with E-state index in [0.717, 1.165) is 12.8 Å². The van der Waals surface area contributed by atoms with Crippen molar-refractivity contribution >= 4 is 57.2 Å². The average Bonchev–Trinajstić information content (AvgIpc) is 3.56. The van der Waals surface area contributed by atoms with Crippen molar-refractivity contribution < 1.29 is 0 Å². The molecule has 6 aliphatic rings. The highest BCUT2D eigenvalue weighted by Gasteiger charge is 2.51. The van der Waals surface area contributed by atoms with Gasteiger partial charge in [-0.1, -0.05) is 183 Å². The Morgan fingerprint density at radius 1 is 0.425 bits per heavy atom. The minimum atomic E-state index is -0.198. The lowest BCUT2D eigenvalue weighted by Crippen LogP contribution is -2.62. The van der Waals surface area contributed by atoms with Crippen LogP contribution in [-0.2, 0) is 37.9 Å². The van der Waals surface area contributed by atoms with Gasteiger partial charge in [-0.15, -0.1) is 0 Å². The molecule has 0 aromatic heterocycles. The van der Waals surface area contributed by atoms with E-state index in [4.69, 9.17) is 0 Å². The molecule has 0 fully saturated rings. The van der Waals surface area contributed by atoms with E-state index in [9.17, 15) is 0 Å². The fourth-order valence-corrected chi connectivity index (χ4v) is 15.2. The van der Waals surface area contributed by atoms with E-state index in [2.05, 4.69) is 237 Å². The second kappa shape index (κ2) is 14.5. The molecule has 3 heteroatoms. The summed E-state index contributed by atoms with van der Waals surface area (Å²) < 4.78 is 0. The summed E-state index contributed by atoms with van der Waals surface area (Å²) in [5, 5.41) is 0. The fraction of sp³-hybridized carbons (Fsp3) is 0.400. The first-order valence-corrected chi connectivity index (χ1v) is 27.8. The van der Waals surface area contributed by atoms with Gasteiger partial charge in [-0.05, 0) is 191 Å². The standard InChI is InChI=1S/C70H77BN2/c1-40-32-43(64(3,4)5)23-27-56(40)72-58-38-52-51(66(9,10)28-29-67(52,11)12)37-55(58)71-54-26-25-49-61(46-36-44(65(6,7)8)22-24-47(46)69(49,15)16)63(54)73-57-39-53-50(33-41(57)2)68(13,14)30-31-70(53,17)48-21-19-18-20-45(48)42-34-59(72)62(71)60(73)35-42/h18-27,32-39H,28-31H2,1-17H3. The van der Waals surface area contributed by atoms with Gasteiger partial charge in [0.1, 0.15) is 0 Å². The van der Waals surface area contributed by atoms with Crippen LogP contribution in [0.25, 0.3) is 22.3 Å². The molecule has 7 aromatic rings. The van der Waals surface area contributed by atoms with Crippen LogP contribution in [0.15, 0.2) is 109 Å². The lowest BCUT2D eigenvalue weighted by atomic mass is 9.32. The van der Waals surface area contributed by atoms with Gasteiger partial charge in [-0.3, -0.25) is 0 Å². The minimum absolute atomic E-state index is 0.000390. The molecule has 0 saturated carbocycles. The highest BCUT2D eigenvalue weighted by molar-refractivity contribution is 7.00. The summed E-state index contributed by atoms with van der Waals surface area (Å²) in [5.74, 6) is 0. The predicted octanol–water partition coefficient (Wildman–Crippen LogP) is 17.0. The van der Waals surface area contributed by atoms with Gasteiger partial charge in [-0.25, -0.2) is 0 Å². The summed E-state index contributed by atoms with van der Waals surface area (Å²) in [5.41, 5.74) is 33.1. The summed E-state index contributed by atoms with van der Waals surface area (Å²) in [6.07, 6.45) is 4.56. The monoisotopic (exact) mass is 957 g/mol. The Kier molecular flexibility index (Phi) is 9.34. The third kappa shape index (κ3) is 6.30. The summed E-state index contributed by atoms with van der Waals surface area (Å²) in [7, 11) is 0. The predicted molar refractivity (Wildman–Crippen MR) is 314 cm³/mol. The van der Waals surface area contributed by atoms with Gasteiger partial charge in [0.05, 0.1) is 0 Å². The fourth-order valence-electron chi connectivity index (χ4n) is 15.2. The molecule has 3 aliphatic carbocycles. The van der Waals surface area contributed by atoms with E-state index in [-0.39, 0.29) is 44.6 Å². The smallest absolute Gasteiger partial charge is 0.252 e. The molecule has 3 aliphatic heterocycles. The Labute approximate surface area is 438 Å². The number of anilines is 6. The first kappa shape index (κ1) is 47.0. The van der Waals surface area contributed by atoms with Crippen LogP contribution in [0.5, 0.6) is 0 Å². The molecule has 4 bridgehead atoms. The molecular formula is C70H77BN2. The molecule has 0 radical (unpaired) electrons. The average molecular weight is 957 g/mol. The first-order chi connectivity index (χ1) is 34.1. The lowest BCUT2D eigenvalue weighted by Gasteiger charge is -2.49. The van der Waals surface area contributed by atoms with E-state index in [1.165, 1.54) is 147 Å². The zero-order chi connectivity index (χ0) is 51.6. The number of aryl methyl sites for hydroxylation is 2. The maximum atomic E-state index is 2.82. The van der Waals surface area contributed by atoms with E-state index in [0.29, 0.717) is 0 Å². The van der Waals surface area contributed by atoms with Crippen molar-refractivity contribution in [2.24, 2.45) is 0 Å². The summed E-state index contributed by atoms with van der Waals surface area (Å²) in [4.78, 5) is 5.55. The molecule has 0 amide bonds. The summed E-state index contributed by atoms with van der Waals surface area (Å²) in [6, 6.07) is 45.4. The molecule has 7 aromatic carbocycles. The second-order valence-electron chi connectivity index (χ2n) is 28.5. The van der Waals surface area contributed by atoms with Crippen molar-refractivity contribution in [3.8, 4) is 22.3 Å². The number of benzene rings is 7. The van der Waals surface area contributed by atoms with Crippen molar-refractivity contribution in [2.75, 3.05) is 9.80 Å². The SMILES string of the molecule is Cc1cc(C(C)(C)C)ccc1N1c2cc3c(cc2B2c4ccc5c(c4N4c6cc7c(cc6C)C(C)(C)CCC7(C)c6ccccc6-c6cc1c2c4c6)-c1cc(C(C)(C)C)ccc1C5(C)C)C(C)(C)CCC3(C)C. The highest BCUT2D eigenvalue weighted by Crippen LogP contribution is 2.60. The normalized spacial score (nSPS) is 20.6. The topological polar surface area (TPSA) is 6.48 Å². The van der Waals surface area contributed by atoms with Crippen molar-refractivity contribution in [3.05, 3.63) is 170 Å². The molecule has 370 valence electrons. The van der Waals surface area contributed by atoms with Crippen LogP contribution >= 0.6 is 0 Å². The number of hydrogen-bond acceptors (Lipinski definition) is 2.